The molecular formula is C5H5ClN2O2. The van der Waals surface area contributed by atoms with Gasteiger partial charge in [0.2, 0.25) is 12.2 Å². The topological polar surface area (TPSA) is 58.9 Å². The predicted molar refractivity (Wildman–Crippen MR) is 35.3 cm³/mol. The molecule has 0 N–H and O–H groups in total. The minimum absolute atomic E-state index is 0.497. The van der Waals surface area contributed by atoms with Gasteiger partial charge in [0.25, 0.3) is 0 Å². The Balaban J connectivity index is 4.24. The van der Waals surface area contributed by atoms with Crippen LogP contribution < -0.4 is 0 Å². The van der Waals surface area contributed by atoms with Crippen molar-refractivity contribution in [3.8, 4) is 0 Å². The van der Waals surface area contributed by atoms with Crippen LogP contribution in [0.2, 0.25) is 0 Å². The van der Waals surface area contributed by atoms with E-state index in [1.165, 1.54) is 12.2 Å². The fourth-order valence-electron chi connectivity index (χ4n) is 0.342. The second-order valence-electron chi connectivity index (χ2n) is 1.53. The summed E-state index contributed by atoms with van der Waals surface area (Å²) in [5.74, 6) is 0. The molecule has 4 nitrogen and oxygen atoms in total. The standard InChI is InChI=1S/C5H5ClN2O2/c1-4(6)5(7-2-9)8-3-10/h4-5H,1H3. The molecule has 0 spiro atoms. The number of halogens is 1. The van der Waals surface area contributed by atoms with Crippen LogP contribution in [0.4, 0.5) is 0 Å². The molecule has 0 bridgehead atoms. The van der Waals surface area contributed by atoms with Crippen molar-refractivity contribution in [2.24, 2.45) is 9.98 Å². The quantitative estimate of drug-likeness (QED) is 0.345. The molecule has 1 atom stereocenters. The van der Waals surface area contributed by atoms with E-state index >= 15 is 0 Å². The van der Waals surface area contributed by atoms with Crippen molar-refractivity contribution in [2.75, 3.05) is 0 Å². The molecule has 0 amide bonds. The molecule has 0 aliphatic heterocycles. The van der Waals surface area contributed by atoms with Crippen molar-refractivity contribution < 1.29 is 9.59 Å². The summed E-state index contributed by atoms with van der Waals surface area (Å²) in [5.41, 5.74) is 0. The van der Waals surface area contributed by atoms with Gasteiger partial charge >= 0.3 is 0 Å². The average molecular weight is 161 g/mol. The molecule has 10 heavy (non-hydrogen) atoms. The van der Waals surface area contributed by atoms with Gasteiger partial charge < -0.3 is 0 Å². The highest BCUT2D eigenvalue weighted by atomic mass is 35.5. The lowest BCUT2D eigenvalue weighted by molar-refractivity contribution is 0.547. The lowest BCUT2D eigenvalue weighted by Crippen LogP contribution is -2.11. The van der Waals surface area contributed by atoms with Gasteiger partial charge in [0.05, 0.1) is 5.38 Å². The lowest BCUT2D eigenvalue weighted by atomic mass is 10.4. The molecule has 0 aromatic carbocycles. The molecule has 0 radical (unpaired) electrons. The zero-order valence-corrected chi connectivity index (χ0v) is 6.00. The molecule has 0 saturated heterocycles. The van der Waals surface area contributed by atoms with E-state index in [2.05, 4.69) is 9.98 Å². The Labute approximate surface area is 62.6 Å². The molecule has 0 rings (SSSR count). The number of alkyl halides is 1. The van der Waals surface area contributed by atoms with Gasteiger partial charge in [0.1, 0.15) is 0 Å². The summed E-state index contributed by atoms with van der Waals surface area (Å²) in [6.45, 7) is 1.56. The van der Waals surface area contributed by atoms with Crippen LogP contribution >= 0.6 is 11.6 Å². The molecule has 0 aromatic heterocycles. The van der Waals surface area contributed by atoms with Crippen molar-refractivity contribution in [3.05, 3.63) is 0 Å². The monoisotopic (exact) mass is 160 g/mol. The van der Waals surface area contributed by atoms with Gasteiger partial charge in [-0.1, -0.05) is 0 Å². The van der Waals surface area contributed by atoms with Crippen LogP contribution in [0.25, 0.3) is 0 Å². The second-order valence-corrected chi connectivity index (χ2v) is 2.22. The van der Waals surface area contributed by atoms with Gasteiger partial charge in [0, 0.05) is 0 Å². The van der Waals surface area contributed by atoms with Crippen molar-refractivity contribution in [2.45, 2.75) is 18.5 Å². The average Bonchev–Trinajstić information content (AvgIpc) is 1.87. The first-order chi connectivity index (χ1) is 4.72. The van der Waals surface area contributed by atoms with Crippen LogP contribution in [0.5, 0.6) is 0 Å². The third-order valence-corrected chi connectivity index (χ3v) is 1.01. The third kappa shape index (κ3) is 3.15. The Bertz CT molecular complexity index is 174. The van der Waals surface area contributed by atoms with Crippen LogP contribution in [0.15, 0.2) is 9.98 Å². The first-order valence-electron chi connectivity index (χ1n) is 2.50. The summed E-state index contributed by atoms with van der Waals surface area (Å²) in [6.07, 6.45) is 1.65. The molecule has 0 aliphatic rings. The van der Waals surface area contributed by atoms with Crippen molar-refractivity contribution >= 4 is 23.8 Å². The van der Waals surface area contributed by atoms with Gasteiger partial charge in [-0.05, 0) is 6.92 Å². The number of nitrogens with zero attached hydrogens (tertiary/aromatic N) is 2. The van der Waals surface area contributed by atoms with E-state index in [4.69, 9.17) is 11.6 Å². The van der Waals surface area contributed by atoms with Gasteiger partial charge in [-0.15, -0.1) is 11.6 Å². The summed E-state index contributed by atoms with van der Waals surface area (Å²) in [4.78, 5) is 25.6. The number of hydrogen-bond acceptors (Lipinski definition) is 4. The minimum atomic E-state index is -0.850. The number of rotatable bonds is 3. The SMILES string of the molecule is CC(Cl)C(N=C=O)N=C=O. The van der Waals surface area contributed by atoms with E-state index in [1.54, 1.807) is 6.92 Å². The zero-order valence-electron chi connectivity index (χ0n) is 5.24. The van der Waals surface area contributed by atoms with Crippen LogP contribution in [0, 0.1) is 0 Å². The highest BCUT2D eigenvalue weighted by molar-refractivity contribution is 6.20. The summed E-state index contributed by atoms with van der Waals surface area (Å²) in [7, 11) is 0. The van der Waals surface area contributed by atoms with Gasteiger partial charge in [-0.2, -0.15) is 9.98 Å². The summed E-state index contributed by atoms with van der Waals surface area (Å²) >= 11 is 5.46. The largest absolute Gasteiger partial charge is 0.237 e. The fraction of sp³-hybridized carbons (Fsp3) is 0.600. The number of carbonyl (C=O) groups excluding carboxylic acids is 2. The second kappa shape index (κ2) is 4.89. The smallest absolute Gasteiger partial charge is 0.211 e. The molecular weight excluding hydrogens is 156 g/mol. The Morgan fingerprint density at radius 1 is 1.30 bits per heavy atom. The van der Waals surface area contributed by atoms with Crippen LogP contribution in [0.1, 0.15) is 6.92 Å². The predicted octanol–water partition coefficient (Wildman–Crippen LogP) is 0.611. The molecule has 54 valence electrons. The minimum Gasteiger partial charge on any atom is -0.211 e. The molecule has 0 fully saturated rings. The molecule has 0 aliphatic carbocycles. The van der Waals surface area contributed by atoms with Gasteiger partial charge in [-0.25, -0.2) is 9.59 Å². The Morgan fingerprint density at radius 2 is 1.70 bits per heavy atom. The summed E-state index contributed by atoms with van der Waals surface area (Å²) < 4.78 is 0. The van der Waals surface area contributed by atoms with Crippen LogP contribution in [-0.2, 0) is 9.59 Å². The summed E-state index contributed by atoms with van der Waals surface area (Å²) in [6, 6.07) is 0. The number of aliphatic imine (C=N–C) groups is 2. The number of isocyanates is 2. The normalized spacial score (nSPS) is 14.2. The maximum Gasteiger partial charge on any atom is 0.237 e. The number of hydrogen-bond donors (Lipinski definition) is 0. The molecule has 5 heteroatoms. The maximum absolute atomic E-state index is 9.65. The zero-order chi connectivity index (χ0) is 7.98. The molecule has 1 unspecified atom stereocenters. The Morgan fingerprint density at radius 3 is 1.90 bits per heavy atom. The van der Waals surface area contributed by atoms with Crippen molar-refractivity contribution in [1.82, 2.24) is 0 Å². The highest BCUT2D eigenvalue weighted by Crippen LogP contribution is 2.05. The van der Waals surface area contributed by atoms with E-state index in [0.29, 0.717) is 0 Å². The van der Waals surface area contributed by atoms with E-state index in [1.807, 2.05) is 0 Å². The first-order valence-corrected chi connectivity index (χ1v) is 2.94. The van der Waals surface area contributed by atoms with E-state index < -0.39 is 11.5 Å². The lowest BCUT2D eigenvalue weighted by Gasteiger charge is -2.02. The van der Waals surface area contributed by atoms with Crippen LogP contribution in [0.3, 0.4) is 0 Å². The molecule has 0 heterocycles. The van der Waals surface area contributed by atoms with Crippen molar-refractivity contribution in [1.29, 1.82) is 0 Å². The molecule has 0 saturated carbocycles. The summed E-state index contributed by atoms with van der Waals surface area (Å²) in [5, 5.41) is -0.497. The maximum atomic E-state index is 9.65. The fourth-order valence-corrected chi connectivity index (χ4v) is 0.455. The Kier molecular flexibility index (Phi) is 4.42. The van der Waals surface area contributed by atoms with Gasteiger partial charge in [0.15, 0.2) is 6.17 Å². The van der Waals surface area contributed by atoms with Crippen LogP contribution in [-0.4, -0.2) is 23.7 Å². The highest BCUT2D eigenvalue weighted by Gasteiger charge is 2.10. The van der Waals surface area contributed by atoms with E-state index in [0.717, 1.165) is 0 Å². The van der Waals surface area contributed by atoms with Crippen molar-refractivity contribution in [3.63, 3.8) is 0 Å². The van der Waals surface area contributed by atoms with E-state index in [9.17, 15) is 9.59 Å². The van der Waals surface area contributed by atoms with Gasteiger partial charge in [-0.3, -0.25) is 0 Å². The Hall–Kier alpha value is -0.950. The third-order valence-electron chi connectivity index (χ3n) is 0.781. The molecule has 0 aromatic rings. The van der Waals surface area contributed by atoms with E-state index in [-0.39, 0.29) is 0 Å². The first kappa shape index (κ1) is 9.05.